The zero-order chi connectivity index (χ0) is 9.10. The van der Waals surface area contributed by atoms with Gasteiger partial charge < -0.3 is 9.67 Å². The van der Waals surface area contributed by atoms with Crippen LogP contribution in [0.15, 0.2) is 42.7 Å². The smallest absolute Gasteiger partial charge is 0.139 e. The van der Waals surface area contributed by atoms with Crippen molar-refractivity contribution < 1.29 is 5.11 Å². The molecule has 3 nitrogen and oxygen atoms in total. The van der Waals surface area contributed by atoms with Crippen molar-refractivity contribution in [2.75, 3.05) is 0 Å². The van der Waals surface area contributed by atoms with Crippen molar-refractivity contribution in [1.29, 1.82) is 0 Å². The topological polar surface area (TPSA) is 38.1 Å². The fraction of sp³-hybridized carbons (Fsp3) is 0.100. The number of hydrogen-bond donors (Lipinski definition) is 1. The predicted molar refractivity (Wildman–Crippen MR) is 49.5 cm³/mol. The van der Waals surface area contributed by atoms with Crippen molar-refractivity contribution in [2.24, 2.45) is 0 Å². The molecule has 0 fully saturated rings. The molecule has 13 heavy (non-hydrogen) atoms. The normalized spacial score (nSPS) is 10.2. The molecule has 0 unspecified atom stereocenters. The molecule has 2 aromatic rings. The molecule has 0 aliphatic heterocycles. The summed E-state index contributed by atoms with van der Waals surface area (Å²) in [5, 5.41) is 8.99. The summed E-state index contributed by atoms with van der Waals surface area (Å²) in [5.41, 5.74) is 1.02. The van der Waals surface area contributed by atoms with E-state index in [9.17, 15) is 0 Å². The molecular formula is C10H10N2O. The number of benzene rings is 1. The molecule has 1 aromatic heterocycles. The first-order valence-corrected chi connectivity index (χ1v) is 4.10. The Hall–Kier alpha value is -1.61. The van der Waals surface area contributed by atoms with Crippen LogP contribution in [0.3, 0.4) is 0 Å². The van der Waals surface area contributed by atoms with Gasteiger partial charge in [-0.05, 0) is 12.1 Å². The van der Waals surface area contributed by atoms with Crippen LogP contribution in [0, 0.1) is 0 Å². The Labute approximate surface area is 76.3 Å². The highest BCUT2D eigenvalue weighted by molar-refractivity contribution is 5.32. The maximum absolute atomic E-state index is 8.99. The third-order valence-corrected chi connectivity index (χ3v) is 1.89. The zero-order valence-corrected chi connectivity index (χ0v) is 7.09. The van der Waals surface area contributed by atoms with Gasteiger partial charge in [0.15, 0.2) is 0 Å². The first-order valence-electron chi connectivity index (χ1n) is 4.10. The van der Waals surface area contributed by atoms with E-state index < -0.39 is 0 Å². The summed E-state index contributed by atoms with van der Waals surface area (Å²) >= 11 is 0. The van der Waals surface area contributed by atoms with E-state index in [1.54, 1.807) is 6.20 Å². The molecule has 0 saturated heterocycles. The van der Waals surface area contributed by atoms with Gasteiger partial charge in [0.2, 0.25) is 0 Å². The summed E-state index contributed by atoms with van der Waals surface area (Å²) in [5.74, 6) is 0.659. The lowest BCUT2D eigenvalue weighted by molar-refractivity contribution is 0.269. The van der Waals surface area contributed by atoms with E-state index in [-0.39, 0.29) is 6.61 Å². The Bertz CT molecular complexity index is 381. The van der Waals surface area contributed by atoms with Gasteiger partial charge in [-0.2, -0.15) is 0 Å². The number of rotatable bonds is 2. The van der Waals surface area contributed by atoms with E-state index in [1.165, 1.54) is 0 Å². The number of aromatic nitrogens is 2. The van der Waals surface area contributed by atoms with E-state index in [4.69, 9.17) is 5.11 Å². The van der Waals surface area contributed by atoms with Crippen molar-refractivity contribution >= 4 is 0 Å². The van der Waals surface area contributed by atoms with Gasteiger partial charge in [0, 0.05) is 18.1 Å². The average molecular weight is 174 g/mol. The lowest BCUT2D eigenvalue weighted by Crippen LogP contribution is -1.99. The lowest BCUT2D eigenvalue weighted by atomic mass is 10.3. The number of aliphatic hydroxyl groups is 1. The molecule has 66 valence electrons. The first-order chi connectivity index (χ1) is 6.42. The van der Waals surface area contributed by atoms with Gasteiger partial charge in [-0.15, -0.1) is 0 Å². The summed E-state index contributed by atoms with van der Waals surface area (Å²) in [7, 11) is 0. The zero-order valence-electron chi connectivity index (χ0n) is 7.09. The molecule has 0 saturated carbocycles. The van der Waals surface area contributed by atoms with Crippen LogP contribution in [0.1, 0.15) is 5.82 Å². The molecule has 0 bridgehead atoms. The van der Waals surface area contributed by atoms with Crippen LogP contribution in [0.25, 0.3) is 5.69 Å². The van der Waals surface area contributed by atoms with Gasteiger partial charge in [0.25, 0.3) is 0 Å². The fourth-order valence-electron chi connectivity index (χ4n) is 1.27. The number of hydrogen-bond acceptors (Lipinski definition) is 2. The van der Waals surface area contributed by atoms with Gasteiger partial charge in [0.1, 0.15) is 12.4 Å². The van der Waals surface area contributed by atoms with Crippen molar-refractivity contribution in [1.82, 2.24) is 9.55 Å². The van der Waals surface area contributed by atoms with E-state index in [1.807, 2.05) is 41.1 Å². The van der Waals surface area contributed by atoms with Crippen LogP contribution in [-0.2, 0) is 6.61 Å². The van der Waals surface area contributed by atoms with Crippen LogP contribution in [-0.4, -0.2) is 14.7 Å². The van der Waals surface area contributed by atoms with Crippen LogP contribution >= 0.6 is 0 Å². The summed E-state index contributed by atoms with van der Waals surface area (Å²) in [6.07, 6.45) is 3.51. The molecule has 0 amide bonds. The molecule has 1 N–H and O–H groups in total. The number of nitrogens with zero attached hydrogens (tertiary/aromatic N) is 2. The molecule has 0 spiro atoms. The van der Waals surface area contributed by atoms with E-state index in [2.05, 4.69) is 4.98 Å². The quantitative estimate of drug-likeness (QED) is 0.746. The average Bonchev–Trinajstić information content (AvgIpc) is 2.67. The maximum atomic E-state index is 8.99. The molecule has 0 aliphatic carbocycles. The second kappa shape index (κ2) is 3.41. The maximum Gasteiger partial charge on any atom is 0.139 e. The molecule has 1 heterocycles. The largest absolute Gasteiger partial charge is 0.388 e. The monoisotopic (exact) mass is 174 g/mol. The Morgan fingerprint density at radius 2 is 2.00 bits per heavy atom. The minimum absolute atomic E-state index is 0.0398. The molecule has 3 heteroatoms. The number of imidazole rings is 1. The van der Waals surface area contributed by atoms with Crippen LogP contribution in [0.2, 0.25) is 0 Å². The predicted octanol–water partition coefficient (Wildman–Crippen LogP) is 1.36. The van der Waals surface area contributed by atoms with E-state index >= 15 is 0 Å². The highest BCUT2D eigenvalue weighted by Gasteiger charge is 2.01. The second-order valence-corrected chi connectivity index (χ2v) is 2.71. The SMILES string of the molecule is OCc1nccn1-c1ccccc1. The molecule has 0 atom stereocenters. The Balaban J connectivity index is 2.47. The van der Waals surface area contributed by atoms with E-state index in [0.717, 1.165) is 5.69 Å². The third kappa shape index (κ3) is 1.46. The molecular weight excluding hydrogens is 164 g/mol. The van der Waals surface area contributed by atoms with Crippen molar-refractivity contribution in [2.45, 2.75) is 6.61 Å². The van der Waals surface area contributed by atoms with Crippen molar-refractivity contribution in [3.63, 3.8) is 0 Å². The first kappa shape index (κ1) is 8.01. The van der Waals surface area contributed by atoms with Crippen molar-refractivity contribution in [3.8, 4) is 5.69 Å². The van der Waals surface area contributed by atoms with Gasteiger partial charge in [-0.3, -0.25) is 0 Å². The van der Waals surface area contributed by atoms with E-state index in [0.29, 0.717) is 5.82 Å². The molecule has 0 radical (unpaired) electrons. The summed E-state index contributed by atoms with van der Waals surface area (Å²) in [6.45, 7) is -0.0398. The summed E-state index contributed by atoms with van der Waals surface area (Å²) in [6, 6.07) is 9.81. The Kier molecular flexibility index (Phi) is 2.10. The number of para-hydroxylation sites is 1. The standard InChI is InChI=1S/C10H10N2O/c13-8-10-11-6-7-12(10)9-4-2-1-3-5-9/h1-7,13H,8H2. The van der Waals surface area contributed by atoms with Crippen LogP contribution < -0.4 is 0 Å². The minimum atomic E-state index is -0.0398. The molecule has 1 aromatic carbocycles. The van der Waals surface area contributed by atoms with Crippen LogP contribution in [0.4, 0.5) is 0 Å². The van der Waals surface area contributed by atoms with Gasteiger partial charge >= 0.3 is 0 Å². The third-order valence-electron chi connectivity index (χ3n) is 1.89. The van der Waals surface area contributed by atoms with Crippen molar-refractivity contribution in [3.05, 3.63) is 48.5 Å². The Morgan fingerprint density at radius 3 is 2.69 bits per heavy atom. The molecule has 2 rings (SSSR count). The highest BCUT2D eigenvalue weighted by atomic mass is 16.3. The summed E-state index contributed by atoms with van der Waals surface area (Å²) in [4.78, 5) is 4.02. The lowest BCUT2D eigenvalue weighted by Gasteiger charge is -2.04. The Morgan fingerprint density at radius 1 is 1.23 bits per heavy atom. The second-order valence-electron chi connectivity index (χ2n) is 2.71. The minimum Gasteiger partial charge on any atom is -0.388 e. The highest BCUT2D eigenvalue weighted by Crippen LogP contribution is 2.09. The summed E-state index contributed by atoms with van der Waals surface area (Å²) < 4.78 is 1.86. The van der Waals surface area contributed by atoms with Gasteiger partial charge in [-0.25, -0.2) is 4.98 Å². The van der Waals surface area contributed by atoms with Crippen LogP contribution in [0.5, 0.6) is 0 Å². The molecule has 0 aliphatic rings. The van der Waals surface area contributed by atoms with Gasteiger partial charge in [-0.1, -0.05) is 18.2 Å². The van der Waals surface area contributed by atoms with Gasteiger partial charge in [0.05, 0.1) is 0 Å². The fourth-order valence-corrected chi connectivity index (χ4v) is 1.27. The number of aliphatic hydroxyl groups excluding tert-OH is 1.